The molecule has 0 radical (unpaired) electrons. The molecule has 4 rings (SSSR count). The Balaban J connectivity index is 1.57. The number of urea groups is 1. The molecule has 0 unspecified atom stereocenters. The fourth-order valence-electron chi connectivity index (χ4n) is 3.44. The Labute approximate surface area is 154 Å². The first-order chi connectivity index (χ1) is 13.1. The summed E-state index contributed by atoms with van der Waals surface area (Å²) in [4.78, 5) is 39.5. The summed E-state index contributed by atoms with van der Waals surface area (Å²) in [6.45, 7) is -0.0296. The van der Waals surface area contributed by atoms with E-state index >= 15 is 0 Å². The molecule has 1 atom stereocenters. The van der Waals surface area contributed by atoms with Gasteiger partial charge in [0.2, 0.25) is 0 Å². The van der Waals surface area contributed by atoms with E-state index in [1.54, 1.807) is 41.3 Å². The van der Waals surface area contributed by atoms with Crippen molar-refractivity contribution >= 4 is 23.5 Å². The average molecular weight is 367 g/mol. The van der Waals surface area contributed by atoms with Crippen LogP contribution in [0.5, 0.6) is 5.75 Å². The molecule has 2 aromatic carbocycles. The quantitative estimate of drug-likeness (QED) is 0.484. The summed E-state index contributed by atoms with van der Waals surface area (Å²) >= 11 is 0. The van der Waals surface area contributed by atoms with Gasteiger partial charge in [-0.2, -0.15) is 0 Å². The first-order valence-corrected chi connectivity index (χ1v) is 8.45. The van der Waals surface area contributed by atoms with Crippen molar-refractivity contribution in [3.8, 4) is 5.75 Å². The number of rotatable bonds is 4. The number of hydrogen-bond donors (Lipinski definition) is 2. The molecule has 0 aliphatic carbocycles. The van der Waals surface area contributed by atoms with Crippen molar-refractivity contribution < 1.29 is 24.3 Å². The van der Waals surface area contributed by atoms with E-state index in [1.165, 1.54) is 10.4 Å². The minimum Gasteiger partial charge on any atom is -0.484 e. The number of para-hydroxylation sites is 1. The number of fused-ring (bicyclic) bond motifs is 2. The molecule has 2 aliphatic heterocycles. The lowest BCUT2D eigenvalue weighted by atomic mass is 9.94. The third-order valence-corrected chi connectivity index (χ3v) is 4.76. The van der Waals surface area contributed by atoms with Crippen LogP contribution >= 0.6 is 0 Å². The van der Waals surface area contributed by atoms with Gasteiger partial charge in [-0.1, -0.05) is 24.3 Å². The second kappa shape index (κ2) is 6.73. The number of anilines is 1. The normalized spacial score (nSPS) is 18.2. The first kappa shape index (κ1) is 17.0. The number of nitrogens with zero attached hydrogens (tertiary/aromatic N) is 2. The van der Waals surface area contributed by atoms with Gasteiger partial charge in [0.25, 0.3) is 11.8 Å². The lowest BCUT2D eigenvalue weighted by Crippen LogP contribution is -2.40. The zero-order valence-corrected chi connectivity index (χ0v) is 14.3. The van der Waals surface area contributed by atoms with Crippen LogP contribution in [0.1, 0.15) is 11.1 Å². The fraction of sp³-hybridized carbons (Fsp3) is 0.211. The summed E-state index contributed by atoms with van der Waals surface area (Å²) in [5, 5.41) is 8.52. The number of amides is 4. The Morgan fingerprint density at radius 1 is 1.15 bits per heavy atom. The van der Waals surface area contributed by atoms with Crippen LogP contribution in [-0.4, -0.2) is 40.6 Å². The van der Waals surface area contributed by atoms with Crippen LogP contribution < -0.4 is 15.1 Å². The maximum atomic E-state index is 12.8. The molecule has 138 valence electrons. The number of carbonyl (C=O) groups excluding carboxylic acids is 3. The summed E-state index contributed by atoms with van der Waals surface area (Å²) in [6.07, 6.45) is 0.431. The molecule has 27 heavy (non-hydrogen) atoms. The van der Waals surface area contributed by atoms with Gasteiger partial charge in [-0.3, -0.25) is 14.8 Å². The van der Waals surface area contributed by atoms with Crippen LogP contribution in [0.2, 0.25) is 0 Å². The highest BCUT2D eigenvalue weighted by molar-refractivity contribution is 6.21. The summed E-state index contributed by atoms with van der Waals surface area (Å²) in [7, 11) is 0. The van der Waals surface area contributed by atoms with Gasteiger partial charge in [-0.25, -0.2) is 15.2 Å². The number of nitrogens with one attached hydrogen (secondary N) is 1. The lowest BCUT2D eigenvalue weighted by molar-refractivity contribution is -0.131. The fourth-order valence-corrected chi connectivity index (χ4v) is 3.44. The van der Waals surface area contributed by atoms with Crippen LogP contribution in [0.25, 0.3) is 0 Å². The second-order valence-corrected chi connectivity index (χ2v) is 6.39. The van der Waals surface area contributed by atoms with Crippen molar-refractivity contribution in [3.05, 3.63) is 59.7 Å². The molecule has 1 saturated heterocycles. The zero-order chi connectivity index (χ0) is 19.0. The molecule has 0 saturated carbocycles. The number of imide groups is 1. The summed E-state index contributed by atoms with van der Waals surface area (Å²) in [5.74, 6) is -0.433. The molecule has 2 heterocycles. The smallest absolute Gasteiger partial charge is 0.332 e. The Kier molecular flexibility index (Phi) is 4.25. The lowest BCUT2D eigenvalue weighted by Gasteiger charge is -2.29. The van der Waals surface area contributed by atoms with Gasteiger partial charge in [0.15, 0.2) is 6.61 Å². The maximum Gasteiger partial charge on any atom is 0.332 e. The SMILES string of the molecule is O=C(COc1ccc2c(c1)CN1C(=O)N(c3ccccc3)C(=O)[C@@H]1C2)NO. The van der Waals surface area contributed by atoms with Crippen molar-refractivity contribution in [3.63, 3.8) is 0 Å². The molecule has 8 heteroatoms. The molecular weight excluding hydrogens is 350 g/mol. The van der Waals surface area contributed by atoms with E-state index in [2.05, 4.69) is 0 Å². The largest absolute Gasteiger partial charge is 0.484 e. The third-order valence-electron chi connectivity index (χ3n) is 4.76. The third kappa shape index (κ3) is 3.00. The topological polar surface area (TPSA) is 99.2 Å². The average Bonchev–Trinajstić information content (AvgIpc) is 2.94. The number of benzene rings is 2. The molecular formula is C19H17N3O5. The van der Waals surface area contributed by atoms with Gasteiger partial charge in [-0.05, 0) is 35.4 Å². The summed E-state index contributed by atoms with van der Waals surface area (Å²) < 4.78 is 5.32. The molecule has 0 bridgehead atoms. The Bertz CT molecular complexity index is 915. The minimum atomic E-state index is -0.661. The van der Waals surface area contributed by atoms with Crippen LogP contribution in [0, 0.1) is 0 Å². The molecule has 0 aromatic heterocycles. The Morgan fingerprint density at radius 3 is 2.67 bits per heavy atom. The predicted octanol–water partition coefficient (Wildman–Crippen LogP) is 1.46. The number of ether oxygens (including phenoxy) is 1. The van der Waals surface area contributed by atoms with Crippen LogP contribution in [0.15, 0.2) is 48.5 Å². The Hall–Kier alpha value is -3.39. The van der Waals surface area contributed by atoms with Gasteiger partial charge in [-0.15, -0.1) is 0 Å². The van der Waals surface area contributed by atoms with E-state index < -0.39 is 11.9 Å². The van der Waals surface area contributed by atoms with Crippen molar-refractivity contribution in [2.45, 2.75) is 19.0 Å². The monoisotopic (exact) mass is 367 g/mol. The maximum absolute atomic E-state index is 12.8. The molecule has 2 aromatic rings. The van der Waals surface area contributed by atoms with E-state index in [0.717, 1.165) is 11.1 Å². The van der Waals surface area contributed by atoms with E-state index in [0.29, 0.717) is 17.9 Å². The zero-order valence-electron chi connectivity index (χ0n) is 14.3. The van der Waals surface area contributed by atoms with Crippen molar-refractivity contribution in [2.75, 3.05) is 11.5 Å². The van der Waals surface area contributed by atoms with Crippen molar-refractivity contribution in [1.29, 1.82) is 0 Å². The van der Waals surface area contributed by atoms with E-state index in [9.17, 15) is 14.4 Å². The van der Waals surface area contributed by atoms with E-state index in [-0.39, 0.29) is 25.1 Å². The van der Waals surface area contributed by atoms with Gasteiger partial charge in [0.05, 0.1) is 5.69 Å². The molecule has 2 aliphatic rings. The first-order valence-electron chi connectivity index (χ1n) is 8.45. The predicted molar refractivity (Wildman–Crippen MR) is 94.2 cm³/mol. The van der Waals surface area contributed by atoms with Gasteiger partial charge >= 0.3 is 6.03 Å². The molecule has 4 amide bonds. The van der Waals surface area contributed by atoms with E-state index in [1.807, 2.05) is 12.1 Å². The highest BCUT2D eigenvalue weighted by Gasteiger charge is 2.47. The summed E-state index contributed by atoms with van der Waals surface area (Å²) in [6, 6.07) is 13.3. The van der Waals surface area contributed by atoms with Gasteiger partial charge in [0.1, 0.15) is 11.8 Å². The standard InChI is InChI=1S/C19H17N3O5/c23-17(20-26)11-27-15-7-6-12-9-16-18(24)22(14-4-2-1-3-5-14)19(25)21(16)10-13(12)8-15/h1-8,16,26H,9-11H2,(H,20,23)/t16-/m0/s1. The van der Waals surface area contributed by atoms with Crippen LogP contribution in [0.3, 0.4) is 0 Å². The van der Waals surface area contributed by atoms with Crippen molar-refractivity contribution in [1.82, 2.24) is 10.4 Å². The second-order valence-electron chi connectivity index (χ2n) is 6.39. The summed E-state index contributed by atoms with van der Waals surface area (Å²) in [5.41, 5.74) is 3.89. The molecule has 1 fully saturated rings. The van der Waals surface area contributed by atoms with Crippen LogP contribution in [-0.2, 0) is 22.6 Å². The van der Waals surface area contributed by atoms with Gasteiger partial charge in [0, 0.05) is 13.0 Å². The highest BCUT2D eigenvalue weighted by Crippen LogP contribution is 2.34. The minimum absolute atomic E-state index is 0.225. The molecule has 2 N–H and O–H groups in total. The Morgan fingerprint density at radius 2 is 1.93 bits per heavy atom. The molecule has 8 nitrogen and oxygen atoms in total. The van der Waals surface area contributed by atoms with Crippen LogP contribution in [0.4, 0.5) is 10.5 Å². The van der Waals surface area contributed by atoms with E-state index in [4.69, 9.17) is 9.94 Å². The number of hydroxylamine groups is 1. The van der Waals surface area contributed by atoms with Gasteiger partial charge < -0.3 is 9.64 Å². The molecule has 0 spiro atoms. The van der Waals surface area contributed by atoms with Crippen molar-refractivity contribution in [2.24, 2.45) is 0 Å². The highest BCUT2D eigenvalue weighted by atomic mass is 16.5. The number of carbonyl (C=O) groups is 3. The number of hydrogen-bond acceptors (Lipinski definition) is 5.